The number of hydrogen-bond donors (Lipinski definition) is 0. The molecule has 0 aromatic heterocycles. The van der Waals surface area contributed by atoms with E-state index >= 15 is 0 Å². The quantitative estimate of drug-likeness (QED) is 0.729. The van der Waals surface area contributed by atoms with Gasteiger partial charge in [0.25, 0.3) is 0 Å². The largest absolute Gasteiger partial charge is 0.354 e. The van der Waals surface area contributed by atoms with Crippen molar-refractivity contribution < 1.29 is 4.39 Å². The number of benzene rings is 1. The molecule has 1 fully saturated rings. The van der Waals surface area contributed by atoms with Crippen LogP contribution in [-0.4, -0.2) is 29.4 Å². The SMILES string of the molecule is CN1CCCSC1=Nc1ccccc1F. The van der Waals surface area contributed by atoms with Gasteiger partial charge in [-0.05, 0) is 18.6 Å². The van der Waals surface area contributed by atoms with Crippen molar-refractivity contribution in [2.75, 3.05) is 19.3 Å². The van der Waals surface area contributed by atoms with Gasteiger partial charge in [0.1, 0.15) is 11.5 Å². The Hall–Kier alpha value is -1.03. The Morgan fingerprint density at radius 2 is 2.20 bits per heavy atom. The van der Waals surface area contributed by atoms with Gasteiger partial charge in [0.2, 0.25) is 0 Å². The summed E-state index contributed by atoms with van der Waals surface area (Å²) in [6, 6.07) is 6.62. The second-order valence-corrected chi connectivity index (χ2v) is 4.53. The van der Waals surface area contributed by atoms with Gasteiger partial charge in [0.15, 0.2) is 5.17 Å². The number of aliphatic imine (C=N–C) groups is 1. The highest BCUT2D eigenvalue weighted by atomic mass is 32.2. The highest BCUT2D eigenvalue weighted by Crippen LogP contribution is 2.23. The van der Waals surface area contributed by atoms with Crippen LogP contribution in [0.2, 0.25) is 0 Å². The molecular formula is C11H13FN2S. The van der Waals surface area contributed by atoms with Crippen LogP contribution in [-0.2, 0) is 0 Å². The van der Waals surface area contributed by atoms with E-state index in [2.05, 4.69) is 9.89 Å². The lowest BCUT2D eigenvalue weighted by molar-refractivity contribution is 0.505. The first-order valence-corrected chi connectivity index (χ1v) is 5.93. The molecule has 1 aromatic rings. The molecule has 0 spiro atoms. The molecular weight excluding hydrogens is 211 g/mol. The average Bonchev–Trinajstić information content (AvgIpc) is 2.24. The maximum Gasteiger partial charge on any atom is 0.164 e. The van der Waals surface area contributed by atoms with Gasteiger partial charge in [-0.3, -0.25) is 0 Å². The Balaban J connectivity index is 2.25. The molecule has 4 heteroatoms. The summed E-state index contributed by atoms with van der Waals surface area (Å²) < 4.78 is 13.3. The highest BCUT2D eigenvalue weighted by molar-refractivity contribution is 8.13. The third kappa shape index (κ3) is 2.50. The lowest BCUT2D eigenvalue weighted by Gasteiger charge is -2.25. The molecule has 0 atom stereocenters. The normalized spacial score (nSPS) is 19.6. The first kappa shape index (κ1) is 10.5. The fourth-order valence-corrected chi connectivity index (χ4v) is 2.36. The van der Waals surface area contributed by atoms with Crippen molar-refractivity contribution in [3.05, 3.63) is 30.1 Å². The smallest absolute Gasteiger partial charge is 0.164 e. The van der Waals surface area contributed by atoms with E-state index in [1.54, 1.807) is 30.0 Å². The van der Waals surface area contributed by atoms with Crippen LogP contribution in [0.1, 0.15) is 6.42 Å². The second kappa shape index (κ2) is 4.66. The summed E-state index contributed by atoms with van der Waals surface area (Å²) in [5.74, 6) is 0.807. The van der Waals surface area contributed by atoms with Crippen molar-refractivity contribution in [1.29, 1.82) is 0 Å². The monoisotopic (exact) mass is 224 g/mol. The molecule has 0 saturated carbocycles. The molecule has 0 unspecified atom stereocenters. The van der Waals surface area contributed by atoms with Crippen LogP contribution < -0.4 is 0 Å². The maximum atomic E-state index is 13.3. The van der Waals surface area contributed by atoms with Crippen LogP contribution in [0, 0.1) is 5.82 Å². The summed E-state index contributed by atoms with van der Waals surface area (Å²) in [4.78, 5) is 6.40. The van der Waals surface area contributed by atoms with E-state index in [1.165, 1.54) is 6.07 Å². The molecule has 1 aliphatic heterocycles. The number of rotatable bonds is 1. The highest BCUT2D eigenvalue weighted by Gasteiger charge is 2.13. The molecule has 0 aliphatic carbocycles. The standard InChI is InChI=1S/C11H13FN2S/c1-14-7-4-8-15-11(14)13-10-6-3-2-5-9(10)12/h2-3,5-6H,4,7-8H2,1H3. The third-order valence-electron chi connectivity index (χ3n) is 2.26. The lowest BCUT2D eigenvalue weighted by Crippen LogP contribution is -2.29. The molecule has 0 N–H and O–H groups in total. The minimum atomic E-state index is -0.260. The Labute approximate surface area is 93.2 Å². The van der Waals surface area contributed by atoms with E-state index in [-0.39, 0.29) is 5.82 Å². The van der Waals surface area contributed by atoms with Crippen molar-refractivity contribution in [3.63, 3.8) is 0 Å². The predicted molar refractivity (Wildman–Crippen MR) is 63.2 cm³/mol. The molecule has 2 nitrogen and oxygen atoms in total. The van der Waals surface area contributed by atoms with Crippen LogP contribution in [0.5, 0.6) is 0 Å². The van der Waals surface area contributed by atoms with Crippen molar-refractivity contribution in [3.8, 4) is 0 Å². The zero-order chi connectivity index (χ0) is 10.7. The number of amidine groups is 1. The number of hydrogen-bond acceptors (Lipinski definition) is 2. The number of halogens is 1. The van der Waals surface area contributed by atoms with Crippen molar-refractivity contribution >= 4 is 22.6 Å². The van der Waals surface area contributed by atoms with Gasteiger partial charge in [-0.1, -0.05) is 23.9 Å². The molecule has 1 saturated heterocycles. The van der Waals surface area contributed by atoms with E-state index in [1.807, 2.05) is 7.05 Å². The first-order chi connectivity index (χ1) is 7.27. The van der Waals surface area contributed by atoms with Gasteiger partial charge in [0.05, 0.1) is 0 Å². The van der Waals surface area contributed by atoms with Crippen LogP contribution in [0.4, 0.5) is 10.1 Å². The van der Waals surface area contributed by atoms with Gasteiger partial charge >= 0.3 is 0 Å². The van der Waals surface area contributed by atoms with E-state index in [4.69, 9.17) is 0 Å². The summed E-state index contributed by atoms with van der Waals surface area (Å²) in [6.07, 6.45) is 1.16. The van der Waals surface area contributed by atoms with Gasteiger partial charge < -0.3 is 4.90 Å². The van der Waals surface area contributed by atoms with E-state index < -0.39 is 0 Å². The summed E-state index contributed by atoms with van der Waals surface area (Å²) in [5.41, 5.74) is 0.425. The van der Waals surface area contributed by atoms with Gasteiger partial charge in [-0.2, -0.15) is 0 Å². The molecule has 1 heterocycles. The fraction of sp³-hybridized carbons (Fsp3) is 0.364. The summed E-state index contributed by atoms with van der Waals surface area (Å²) in [6.45, 7) is 1.00. The maximum absolute atomic E-state index is 13.3. The molecule has 1 aromatic carbocycles. The van der Waals surface area contributed by atoms with Crippen molar-refractivity contribution in [2.45, 2.75) is 6.42 Å². The zero-order valence-electron chi connectivity index (χ0n) is 8.61. The minimum absolute atomic E-state index is 0.260. The van der Waals surface area contributed by atoms with Crippen LogP contribution in [0.3, 0.4) is 0 Å². The fourth-order valence-electron chi connectivity index (χ4n) is 1.43. The molecule has 15 heavy (non-hydrogen) atoms. The summed E-state index contributed by atoms with van der Waals surface area (Å²) in [5, 5.41) is 0.909. The average molecular weight is 224 g/mol. The topological polar surface area (TPSA) is 15.6 Å². The van der Waals surface area contributed by atoms with Crippen LogP contribution >= 0.6 is 11.8 Å². The lowest BCUT2D eigenvalue weighted by atomic mass is 10.3. The van der Waals surface area contributed by atoms with E-state index in [9.17, 15) is 4.39 Å². The predicted octanol–water partition coefficient (Wildman–Crippen LogP) is 2.88. The summed E-state index contributed by atoms with van der Waals surface area (Å²) in [7, 11) is 1.99. The Morgan fingerprint density at radius 3 is 2.93 bits per heavy atom. The van der Waals surface area contributed by atoms with Gasteiger partial charge in [-0.25, -0.2) is 9.38 Å². The molecule has 0 bridgehead atoms. The number of para-hydroxylation sites is 1. The van der Waals surface area contributed by atoms with Crippen LogP contribution in [0.15, 0.2) is 29.3 Å². The zero-order valence-corrected chi connectivity index (χ0v) is 9.43. The summed E-state index contributed by atoms with van der Waals surface area (Å²) >= 11 is 1.68. The number of nitrogens with zero attached hydrogens (tertiary/aromatic N) is 2. The second-order valence-electron chi connectivity index (χ2n) is 3.47. The van der Waals surface area contributed by atoms with Gasteiger partial charge in [0, 0.05) is 19.3 Å². The Bertz CT molecular complexity index is 379. The molecule has 80 valence electrons. The molecule has 2 rings (SSSR count). The van der Waals surface area contributed by atoms with E-state index in [0.29, 0.717) is 5.69 Å². The van der Waals surface area contributed by atoms with E-state index in [0.717, 1.165) is 23.9 Å². The molecule has 0 amide bonds. The Kier molecular flexibility index (Phi) is 3.26. The van der Waals surface area contributed by atoms with Crippen molar-refractivity contribution in [1.82, 2.24) is 4.90 Å². The first-order valence-electron chi connectivity index (χ1n) is 4.94. The minimum Gasteiger partial charge on any atom is -0.354 e. The molecule has 0 radical (unpaired) electrons. The Morgan fingerprint density at radius 1 is 1.40 bits per heavy atom. The van der Waals surface area contributed by atoms with Crippen molar-refractivity contribution in [2.24, 2.45) is 4.99 Å². The number of thioether (sulfide) groups is 1. The third-order valence-corrected chi connectivity index (χ3v) is 3.42. The van der Waals surface area contributed by atoms with Crippen LogP contribution in [0.25, 0.3) is 0 Å². The van der Waals surface area contributed by atoms with Gasteiger partial charge in [-0.15, -0.1) is 0 Å². The molecule has 1 aliphatic rings.